The van der Waals surface area contributed by atoms with Crippen molar-refractivity contribution in [1.82, 2.24) is 9.80 Å². The lowest BCUT2D eigenvalue weighted by atomic mass is 10.0. The fourth-order valence-corrected chi connectivity index (χ4v) is 8.42. The molecule has 2 aliphatic rings. The second kappa shape index (κ2) is 22.6. The van der Waals surface area contributed by atoms with Crippen LogP contribution in [0.25, 0.3) is 12.2 Å². The number of allylic oxidation sites excluding steroid dienone is 1. The molecule has 0 saturated carbocycles. The van der Waals surface area contributed by atoms with E-state index in [0.717, 1.165) is 33.2 Å². The summed E-state index contributed by atoms with van der Waals surface area (Å²) in [5, 5.41) is 8.83. The van der Waals surface area contributed by atoms with E-state index in [4.69, 9.17) is 14.6 Å². The highest BCUT2D eigenvalue weighted by molar-refractivity contribution is 5.93. The number of alkyl halides is 12. The van der Waals surface area contributed by atoms with Crippen molar-refractivity contribution >= 4 is 36.1 Å². The van der Waals surface area contributed by atoms with Gasteiger partial charge in [0.25, 0.3) is 0 Å². The zero-order chi connectivity index (χ0) is 56.2. The van der Waals surface area contributed by atoms with Crippen molar-refractivity contribution in [2.24, 2.45) is 0 Å². The summed E-state index contributed by atoms with van der Waals surface area (Å²) in [7, 11) is 0. The number of amides is 2. The molecule has 0 spiro atoms. The lowest BCUT2D eigenvalue weighted by Crippen LogP contribution is -2.38. The molecule has 2 atom stereocenters. The third-order valence-electron chi connectivity index (χ3n) is 11.7. The molecule has 9 nitrogen and oxygen atoms in total. The van der Waals surface area contributed by atoms with Gasteiger partial charge < -0.3 is 14.6 Å². The quantitative estimate of drug-likeness (QED) is 0.118. The predicted octanol–water partition coefficient (Wildman–Crippen LogP) is 15.4. The Morgan fingerprint density at radius 1 is 0.533 bits per heavy atom. The highest BCUT2D eigenvalue weighted by Gasteiger charge is 2.41. The maximum atomic E-state index is 13.4. The molecule has 2 amide bonds. The van der Waals surface area contributed by atoms with Crippen LogP contribution in [-0.2, 0) is 69.7 Å². The van der Waals surface area contributed by atoms with Gasteiger partial charge in [0.1, 0.15) is 11.2 Å². The van der Waals surface area contributed by atoms with Gasteiger partial charge in [0.05, 0.1) is 34.3 Å². The second-order valence-corrected chi connectivity index (χ2v) is 19.9. The van der Waals surface area contributed by atoms with Crippen LogP contribution in [0, 0.1) is 0 Å². The first-order valence-electron chi connectivity index (χ1n) is 23.4. The fourth-order valence-electron chi connectivity index (χ4n) is 8.42. The van der Waals surface area contributed by atoms with Crippen molar-refractivity contribution in [3.05, 3.63) is 152 Å². The molecule has 1 N–H and O–H groups in total. The Balaban J connectivity index is 0.000000277. The summed E-state index contributed by atoms with van der Waals surface area (Å²) in [5.41, 5.74) is -4.01. The van der Waals surface area contributed by atoms with Crippen LogP contribution in [0.1, 0.15) is 147 Å². The minimum Gasteiger partial charge on any atom is -0.478 e. The first-order chi connectivity index (χ1) is 34.4. The van der Waals surface area contributed by atoms with E-state index in [1.807, 2.05) is 6.07 Å². The molecule has 2 unspecified atom stereocenters. The minimum absolute atomic E-state index is 0.0400. The Bertz CT molecular complexity index is 2750. The molecule has 406 valence electrons. The first-order valence-corrected chi connectivity index (χ1v) is 23.4. The fraction of sp³-hybridized carbons (Fsp3) is 0.407. The normalized spacial score (nSPS) is 16.0. The van der Waals surface area contributed by atoms with Gasteiger partial charge in [-0.15, -0.1) is 0 Å². The van der Waals surface area contributed by atoms with E-state index in [0.29, 0.717) is 67.5 Å². The molecule has 21 heteroatoms. The van der Waals surface area contributed by atoms with E-state index in [1.54, 1.807) is 84.9 Å². The zero-order valence-electron chi connectivity index (χ0n) is 41.7. The number of aliphatic carboxylic acids is 1. The van der Waals surface area contributed by atoms with Gasteiger partial charge in [0.2, 0.25) is 0 Å². The second-order valence-electron chi connectivity index (χ2n) is 19.9. The van der Waals surface area contributed by atoms with Crippen molar-refractivity contribution in [3.8, 4) is 0 Å². The zero-order valence-corrected chi connectivity index (χ0v) is 41.7. The molecule has 4 aromatic carbocycles. The number of benzene rings is 4. The van der Waals surface area contributed by atoms with Crippen LogP contribution >= 0.6 is 0 Å². The molecule has 0 bridgehead atoms. The number of carboxylic acids is 1. The number of ketones is 1. The largest absolute Gasteiger partial charge is 0.478 e. The van der Waals surface area contributed by atoms with Gasteiger partial charge >= 0.3 is 42.9 Å². The molecule has 4 aromatic rings. The highest BCUT2D eigenvalue weighted by Crippen LogP contribution is 2.43. The van der Waals surface area contributed by atoms with E-state index < -0.39 is 101 Å². The number of carboxylic acid groups (broad SMARTS) is 1. The summed E-state index contributed by atoms with van der Waals surface area (Å²) in [5.74, 6) is -1.17. The van der Waals surface area contributed by atoms with Gasteiger partial charge in [-0.05, 0) is 160 Å². The standard InChI is InChI=1S/C28H29F6NO3.C26H25F6NO4/c1-5-22(36)9-6-17-7-10-23-19(12-17)8-11-24(23)35(25(37)38-26(2,3)4)16-18-13-20(27(29,30)31)15-21(14-18)28(32,33)34;1-24(2,3)37-23(36)33(14-16-11-18(25(27,28)29)13-19(12-16)26(30,31)32)21-8-6-17-10-15(4-7-20(17)21)5-9-22(34)35/h6-7,9-10,12-15,24H,5,8,11,16H2,1-4H3;4-5,7,9-13,21H,6,8,14H2,1-3H3,(H,34,35)/b9-6+;9-5+. The molecule has 0 saturated heterocycles. The topological polar surface area (TPSA) is 113 Å². The molecule has 75 heavy (non-hydrogen) atoms. The number of carbonyl (C=O) groups is 4. The summed E-state index contributed by atoms with van der Waals surface area (Å²) in [4.78, 5) is 51.1. The Labute approximate surface area is 424 Å². The number of hydrogen-bond donors (Lipinski definition) is 1. The molecule has 6 rings (SSSR count). The predicted molar refractivity (Wildman–Crippen MR) is 252 cm³/mol. The number of rotatable bonds is 11. The molecular weight excluding hydrogens is 1020 g/mol. The number of carbonyl (C=O) groups excluding carboxylic acids is 3. The number of ether oxygens (including phenoxy) is 2. The lowest BCUT2D eigenvalue weighted by Gasteiger charge is -2.32. The summed E-state index contributed by atoms with van der Waals surface area (Å²) in [6.45, 7) is 10.3. The lowest BCUT2D eigenvalue weighted by molar-refractivity contribution is -0.144. The van der Waals surface area contributed by atoms with Gasteiger partial charge in [-0.2, -0.15) is 52.7 Å². The molecule has 0 aliphatic heterocycles. The van der Waals surface area contributed by atoms with E-state index in [-0.39, 0.29) is 29.0 Å². The third-order valence-corrected chi connectivity index (χ3v) is 11.7. The first kappa shape index (κ1) is 59.1. The third kappa shape index (κ3) is 16.6. The average Bonchev–Trinajstić information content (AvgIpc) is 3.90. The maximum Gasteiger partial charge on any atom is 0.416 e. The van der Waals surface area contributed by atoms with Gasteiger partial charge in [0, 0.05) is 25.6 Å². The molecule has 0 fully saturated rings. The number of hydrogen-bond acceptors (Lipinski definition) is 6. The average molecular weight is 1070 g/mol. The van der Waals surface area contributed by atoms with E-state index >= 15 is 0 Å². The number of fused-ring (bicyclic) bond motifs is 2. The Hall–Kier alpha value is -6.80. The Morgan fingerprint density at radius 2 is 0.867 bits per heavy atom. The van der Waals surface area contributed by atoms with Crippen molar-refractivity contribution < 1.29 is 86.4 Å². The Kier molecular flexibility index (Phi) is 17.8. The summed E-state index contributed by atoms with van der Waals surface area (Å²) >= 11 is 0. The van der Waals surface area contributed by atoms with Crippen LogP contribution in [0.4, 0.5) is 62.3 Å². The van der Waals surface area contributed by atoms with Crippen molar-refractivity contribution in [1.29, 1.82) is 0 Å². The van der Waals surface area contributed by atoms with Gasteiger partial charge in [-0.3, -0.25) is 14.6 Å². The van der Waals surface area contributed by atoms with Crippen LogP contribution in [0.15, 0.2) is 84.9 Å². The van der Waals surface area contributed by atoms with Crippen molar-refractivity contribution in [3.63, 3.8) is 0 Å². The number of halogens is 12. The SMILES string of the molecule is CC(C)(C)OC(=O)N(Cc1cc(C(F)(F)F)cc(C(F)(F)F)c1)C1CCc2cc(/C=C/C(=O)O)ccc21.CCC(=O)/C=C/c1ccc2c(c1)CCC2N(Cc1cc(C(F)(F)F)cc(C(F)(F)F)c1)C(=O)OC(C)(C)C. The summed E-state index contributed by atoms with van der Waals surface area (Å²) in [6.07, 6.45) is -14.2. The van der Waals surface area contributed by atoms with E-state index in [9.17, 15) is 71.9 Å². The van der Waals surface area contributed by atoms with Crippen LogP contribution < -0.4 is 0 Å². The molecular formula is C54H54F12N2O7. The molecule has 2 aliphatic carbocycles. The van der Waals surface area contributed by atoms with E-state index in [1.165, 1.54) is 17.1 Å². The minimum atomic E-state index is -5.02. The van der Waals surface area contributed by atoms with Crippen LogP contribution in [0.2, 0.25) is 0 Å². The maximum absolute atomic E-state index is 13.4. The van der Waals surface area contributed by atoms with Crippen molar-refractivity contribution in [2.75, 3.05) is 0 Å². The molecule has 0 radical (unpaired) electrons. The Morgan fingerprint density at radius 3 is 1.16 bits per heavy atom. The smallest absolute Gasteiger partial charge is 0.416 e. The number of aryl methyl sites for hydroxylation is 2. The van der Waals surface area contributed by atoms with Gasteiger partial charge in [-0.25, -0.2) is 14.4 Å². The molecule has 0 aromatic heterocycles. The van der Waals surface area contributed by atoms with Crippen molar-refractivity contribution in [2.45, 2.75) is 142 Å². The van der Waals surface area contributed by atoms with E-state index in [2.05, 4.69) is 0 Å². The van der Waals surface area contributed by atoms with Crippen LogP contribution in [0.3, 0.4) is 0 Å². The van der Waals surface area contributed by atoms with Gasteiger partial charge in [-0.1, -0.05) is 49.4 Å². The molecule has 0 heterocycles. The van der Waals surface area contributed by atoms with Gasteiger partial charge in [0.15, 0.2) is 5.78 Å². The monoisotopic (exact) mass is 1070 g/mol. The van der Waals surface area contributed by atoms with Crippen LogP contribution in [-0.4, -0.2) is 50.0 Å². The number of nitrogens with zero attached hydrogens (tertiary/aromatic N) is 2. The van der Waals surface area contributed by atoms with Crippen LogP contribution in [0.5, 0.6) is 0 Å². The summed E-state index contributed by atoms with van der Waals surface area (Å²) < 4.78 is 172. The summed E-state index contributed by atoms with van der Waals surface area (Å²) in [6, 6.07) is 11.6. The highest BCUT2D eigenvalue weighted by atomic mass is 19.4.